The van der Waals surface area contributed by atoms with Crippen LogP contribution in [0.3, 0.4) is 0 Å². The first-order chi connectivity index (χ1) is 12.4. The molecule has 2 aromatic rings. The Morgan fingerprint density at radius 1 is 1.00 bits per heavy atom. The molecule has 0 aromatic heterocycles. The summed E-state index contributed by atoms with van der Waals surface area (Å²) in [6, 6.07) is 7.67. The van der Waals surface area contributed by atoms with E-state index in [9.17, 15) is 22.8 Å². The number of nitrogens with zero attached hydrogens (tertiary/aromatic N) is 1. The number of rotatable bonds is 3. The summed E-state index contributed by atoms with van der Waals surface area (Å²) in [5, 5.41) is 0. The standard InChI is InChI=1S/C19H17F3N2O2.ClH/c20-12-9-14(21)17(15(22)10-12)18(25)11-5-7-24(8-6-11)19(26)13-3-1-2-4-16(13)23;/h1-4,9-11H,5-8,23H2;1H. The van der Waals surface area contributed by atoms with Crippen molar-refractivity contribution in [1.29, 1.82) is 0 Å². The van der Waals surface area contributed by atoms with E-state index in [0.717, 1.165) is 0 Å². The first-order valence-electron chi connectivity index (χ1n) is 8.21. The summed E-state index contributed by atoms with van der Waals surface area (Å²) in [7, 11) is 0. The van der Waals surface area contributed by atoms with Crippen molar-refractivity contribution < 1.29 is 22.8 Å². The highest BCUT2D eigenvalue weighted by Crippen LogP contribution is 2.26. The van der Waals surface area contributed by atoms with Crippen LogP contribution < -0.4 is 5.73 Å². The Kier molecular flexibility index (Phi) is 6.49. The molecule has 1 heterocycles. The molecule has 144 valence electrons. The Hall–Kier alpha value is -2.54. The summed E-state index contributed by atoms with van der Waals surface area (Å²) < 4.78 is 40.6. The Balaban J connectivity index is 0.00000261. The fourth-order valence-corrected chi connectivity index (χ4v) is 3.19. The Morgan fingerprint density at radius 2 is 1.56 bits per heavy atom. The number of nitrogens with two attached hydrogens (primary N) is 1. The van der Waals surface area contributed by atoms with E-state index in [1.807, 2.05) is 0 Å². The van der Waals surface area contributed by atoms with Crippen LogP contribution in [0.15, 0.2) is 36.4 Å². The molecule has 0 spiro atoms. The average Bonchev–Trinajstić information content (AvgIpc) is 2.61. The molecular weight excluding hydrogens is 381 g/mol. The van der Waals surface area contributed by atoms with Crippen LogP contribution in [0.4, 0.5) is 18.9 Å². The summed E-state index contributed by atoms with van der Waals surface area (Å²) in [6.07, 6.45) is 0.543. The second-order valence-electron chi connectivity index (χ2n) is 6.26. The van der Waals surface area contributed by atoms with Gasteiger partial charge in [0.2, 0.25) is 0 Å². The van der Waals surface area contributed by atoms with Gasteiger partial charge in [-0.05, 0) is 25.0 Å². The van der Waals surface area contributed by atoms with Crippen molar-refractivity contribution in [1.82, 2.24) is 4.90 Å². The molecular formula is C19H18ClF3N2O2. The second kappa shape index (κ2) is 8.43. The number of benzene rings is 2. The molecule has 0 aliphatic carbocycles. The van der Waals surface area contributed by atoms with Crippen molar-refractivity contribution in [3.8, 4) is 0 Å². The van der Waals surface area contributed by atoms with Crippen LogP contribution >= 0.6 is 12.4 Å². The molecule has 1 amide bonds. The second-order valence-corrected chi connectivity index (χ2v) is 6.26. The van der Waals surface area contributed by atoms with Gasteiger partial charge < -0.3 is 10.6 Å². The summed E-state index contributed by atoms with van der Waals surface area (Å²) in [4.78, 5) is 26.5. The number of carbonyl (C=O) groups excluding carboxylic acids is 2. The Bertz CT molecular complexity index is 845. The fraction of sp³-hybridized carbons (Fsp3) is 0.263. The first-order valence-corrected chi connectivity index (χ1v) is 8.21. The minimum absolute atomic E-state index is 0. The lowest BCUT2D eigenvalue weighted by molar-refractivity contribution is 0.0648. The molecule has 0 unspecified atom stereocenters. The van der Waals surface area contributed by atoms with Crippen molar-refractivity contribution in [2.75, 3.05) is 18.8 Å². The van der Waals surface area contributed by atoms with Gasteiger partial charge in [-0.15, -0.1) is 12.4 Å². The number of ketones is 1. The molecule has 27 heavy (non-hydrogen) atoms. The minimum Gasteiger partial charge on any atom is -0.398 e. The van der Waals surface area contributed by atoms with E-state index in [1.54, 1.807) is 29.2 Å². The van der Waals surface area contributed by atoms with Gasteiger partial charge >= 0.3 is 0 Å². The predicted molar refractivity (Wildman–Crippen MR) is 97.4 cm³/mol. The number of halogens is 4. The highest BCUT2D eigenvalue weighted by atomic mass is 35.5. The number of amides is 1. The van der Waals surface area contributed by atoms with Crippen LogP contribution in [-0.4, -0.2) is 29.7 Å². The number of piperidine rings is 1. The van der Waals surface area contributed by atoms with Crippen LogP contribution in [-0.2, 0) is 0 Å². The van der Waals surface area contributed by atoms with Crippen LogP contribution in [0.2, 0.25) is 0 Å². The topological polar surface area (TPSA) is 63.4 Å². The van der Waals surface area contributed by atoms with Crippen LogP contribution in [0, 0.1) is 23.4 Å². The summed E-state index contributed by atoms with van der Waals surface area (Å²) in [5.41, 5.74) is 5.84. The van der Waals surface area contributed by atoms with Crippen LogP contribution in [0.5, 0.6) is 0 Å². The van der Waals surface area contributed by atoms with Gasteiger partial charge in [0.25, 0.3) is 5.91 Å². The Morgan fingerprint density at radius 3 is 2.11 bits per heavy atom. The van der Waals surface area contributed by atoms with Gasteiger partial charge in [-0.1, -0.05) is 12.1 Å². The molecule has 0 bridgehead atoms. The van der Waals surface area contributed by atoms with E-state index in [1.165, 1.54) is 0 Å². The highest BCUT2D eigenvalue weighted by Gasteiger charge is 2.31. The van der Waals surface area contributed by atoms with E-state index in [4.69, 9.17) is 5.73 Å². The lowest BCUT2D eigenvalue weighted by Gasteiger charge is -2.31. The molecule has 8 heteroatoms. The summed E-state index contributed by atoms with van der Waals surface area (Å²) in [5.74, 6) is -5.05. The monoisotopic (exact) mass is 398 g/mol. The number of Topliss-reactive ketones (excluding diaryl/α,β-unsaturated/α-hetero) is 1. The number of hydrogen-bond acceptors (Lipinski definition) is 3. The van der Waals surface area contributed by atoms with Gasteiger partial charge in [0.05, 0.1) is 11.1 Å². The number of nitrogen functional groups attached to an aromatic ring is 1. The highest BCUT2D eigenvalue weighted by molar-refractivity contribution is 6.00. The quantitative estimate of drug-likeness (QED) is 0.631. The number of para-hydroxylation sites is 1. The van der Waals surface area contributed by atoms with E-state index in [-0.39, 0.29) is 44.2 Å². The number of carbonyl (C=O) groups is 2. The van der Waals surface area contributed by atoms with E-state index >= 15 is 0 Å². The normalized spacial score (nSPS) is 14.6. The third-order valence-electron chi connectivity index (χ3n) is 4.60. The molecule has 1 aliphatic rings. The maximum absolute atomic E-state index is 13.8. The maximum Gasteiger partial charge on any atom is 0.255 e. The molecule has 0 atom stereocenters. The summed E-state index contributed by atoms with van der Waals surface area (Å²) in [6.45, 7) is 0.544. The zero-order chi connectivity index (χ0) is 18.8. The maximum atomic E-state index is 13.8. The lowest BCUT2D eigenvalue weighted by atomic mass is 9.88. The smallest absolute Gasteiger partial charge is 0.255 e. The lowest BCUT2D eigenvalue weighted by Crippen LogP contribution is -2.40. The van der Waals surface area contributed by atoms with Gasteiger partial charge in [0.15, 0.2) is 5.78 Å². The zero-order valence-corrected chi connectivity index (χ0v) is 15.1. The van der Waals surface area contributed by atoms with Gasteiger partial charge in [-0.25, -0.2) is 13.2 Å². The van der Waals surface area contributed by atoms with E-state index in [0.29, 0.717) is 23.4 Å². The largest absolute Gasteiger partial charge is 0.398 e. The summed E-state index contributed by atoms with van der Waals surface area (Å²) >= 11 is 0. The number of likely N-dealkylation sites (tertiary alicyclic amines) is 1. The van der Waals surface area contributed by atoms with E-state index in [2.05, 4.69) is 0 Å². The minimum atomic E-state index is -1.21. The predicted octanol–water partition coefficient (Wildman–Crippen LogP) is 3.84. The third kappa shape index (κ3) is 4.24. The number of hydrogen-bond donors (Lipinski definition) is 1. The molecule has 2 N–H and O–H groups in total. The SMILES string of the molecule is Cl.Nc1ccccc1C(=O)N1CCC(C(=O)c2c(F)cc(F)cc2F)CC1. The number of anilines is 1. The fourth-order valence-electron chi connectivity index (χ4n) is 3.19. The van der Waals surface area contributed by atoms with Gasteiger partial charge in [-0.3, -0.25) is 9.59 Å². The third-order valence-corrected chi connectivity index (χ3v) is 4.60. The Labute approximate surface area is 160 Å². The molecule has 0 saturated carbocycles. The molecule has 1 saturated heterocycles. The molecule has 0 radical (unpaired) electrons. The molecule has 2 aromatic carbocycles. The van der Waals surface area contributed by atoms with Crippen molar-refractivity contribution in [2.45, 2.75) is 12.8 Å². The molecule has 1 fully saturated rings. The molecule has 4 nitrogen and oxygen atoms in total. The molecule has 3 rings (SSSR count). The van der Waals surface area contributed by atoms with Crippen molar-refractivity contribution in [2.24, 2.45) is 5.92 Å². The van der Waals surface area contributed by atoms with Crippen molar-refractivity contribution >= 4 is 29.8 Å². The van der Waals surface area contributed by atoms with Gasteiger partial charge in [-0.2, -0.15) is 0 Å². The first kappa shape index (κ1) is 20.8. The van der Waals surface area contributed by atoms with Gasteiger partial charge in [0, 0.05) is 36.8 Å². The van der Waals surface area contributed by atoms with Crippen LogP contribution in [0.25, 0.3) is 0 Å². The van der Waals surface area contributed by atoms with Gasteiger partial charge in [0.1, 0.15) is 17.5 Å². The van der Waals surface area contributed by atoms with Crippen molar-refractivity contribution in [3.05, 3.63) is 65.0 Å². The zero-order valence-electron chi connectivity index (χ0n) is 14.3. The molecule has 1 aliphatic heterocycles. The van der Waals surface area contributed by atoms with Crippen LogP contribution in [0.1, 0.15) is 33.6 Å². The average molecular weight is 399 g/mol. The van der Waals surface area contributed by atoms with E-state index < -0.39 is 34.7 Å². The van der Waals surface area contributed by atoms with Crippen molar-refractivity contribution in [3.63, 3.8) is 0 Å².